The van der Waals surface area contributed by atoms with Crippen molar-refractivity contribution in [1.82, 2.24) is 0 Å². The van der Waals surface area contributed by atoms with Crippen molar-refractivity contribution in [2.45, 2.75) is 6.10 Å². The average molecular weight is 228 g/mol. The van der Waals surface area contributed by atoms with Gasteiger partial charge >= 0.3 is 0 Å². The van der Waals surface area contributed by atoms with E-state index in [4.69, 9.17) is 9.47 Å². The van der Waals surface area contributed by atoms with Gasteiger partial charge in [-0.25, -0.2) is 0 Å². The molecular formula is C14H12O3. The maximum absolute atomic E-state index is 10.3. The molecule has 0 fully saturated rings. The van der Waals surface area contributed by atoms with Gasteiger partial charge in [0.2, 0.25) is 0 Å². The molecule has 0 spiro atoms. The molecule has 1 aliphatic heterocycles. The standard InChI is InChI=1S/C14H12O3/c1-16-9-6-7-11-13(8-9)17-12-5-3-2-4-10(12)14(11)15/h2-8,14-15H,1H3. The summed E-state index contributed by atoms with van der Waals surface area (Å²) in [6, 6.07) is 12.9. The number of para-hydroxylation sites is 1. The third-order valence-electron chi connectivity index (χ3n) is 2.95. The first kappa shape index (κ1) is 10.2. The first-order valence-corrected chi connectivity index (χ1v) is 5.42. The number of hydrogen-bond acceptors (Lipinski definition) is 3. The second kappa shape index (κ2) is 3.79. The van der Waals surface area contributed by atoms with Crippen LogP contribution in [0.3, 0.4) is 0 Å². The third kappa shape index (κ3) is 1.56. The molecule has 0 bridgehead atoms. The van der Waals surface area contributed by atoms with Crippen LogP contribution < -0.4 is 9.47 Å². The van der Waals surface area contributed by atoms with E-state index in [-0.39, 0.29) is 0 Å². The Bertz CT molecular complexity index is 563. The zero-order valence-corrected chi connectivity index (χ0v) is 9.38. The molecule has 0 aliphatic carbocycles. The first-order chi connectivity index (χ1) is 8.29. The molecule has 0 amide bonds. The minimum atomic E-state index is -0.638. The van der Waals surface area contributed by atoms with Gasteiger partial charge in [-0.1, -0.05) is 18.2 Å². The molecule has 1 atom stereocenters. The van der Waals surface area contributed by atoms with Gasteiger partial charge in [-0.05, 0) is 18.2 Å². The maximum atomic E-state index is 10.3. The number of rotatable bonds is 1. The predicted octanol–water partition coefficient (Wildman–Crippen LogP) is 2.88. The number of ether oxygens (including phenoxy) is 2. The van der Waals surface area contributed by atoms with E-state index in [0.717, 1.165) is 16.9 Å². The van der Waals surface area contributed by atoms with E-state index in [1.54, 1.807) is 13.2 Å². The van der Waals surface area contributed by atoms with E-state index < -0.39 is 6.10 Å². The smallest absolute Gasteiger partial charge is 0.137 e. The minimum Gasteiger partial charge on any atom is -0.497 e. The Balaban J connectivity index is 2.12. The van der Waals surface area contributed by atoms with Crippen molar-refractivity contribution >= 4 is 0 Å². The van der Waals surface area contributed by atoms with Crippen LogP contribution in [0.15, 0.2) is 42.5 Å². The highest BCUT2D eigenvalue weighted by Gasteiger charge is 2.25. The lowest BCUT2D eigenvalue weighted by Gasteiger charge is -2.24. The molecule has 0 saturated carbocycles. The Morgan fingerprint density at radius 3 is 2.65 bits per heavy atom. The molecule has 1 aliphatic rings. The van der Waals surface area contributed by atoms with E-state index in [0.29, 0.717) is 11.5 Å². The first-order valence-electron chi connectivity index (χ1n) is 5.42. The summed E-state index contributed by atoms with van der Waals surface area (Å²) in [6.07, 6.45) is -0.638. The Hall–Kier alpha value is -2.00. The van der Waals surface area contributed by atoms with E-state index in [9.17, 15) is 5.11 Å². The lowest BCUT2D eigenvalue weighted by atomic mass is 9.97. The molecule has 1 unspecified atom stereocenters. The predicted molar refractivity (Wildman–Crippen MR) is 63.6 cm³/mol. The SMILES string of the molecule is COc1ccc2c(c1)Oc1ccccc1C2O. The van der Waals surface area contributed by atoms with Crippen LogP contribution in [0.2, 0.25) is 0 Å². The Labute approximate surface area is 99.2 Å². The van der Waals surface area contributed by atoms with E-state index in [1.165, 1.54) is 0 Å². The molecule has 3 nitrogen and oxygen atoms in total. The molecule has 2 aromatic carbocycles. The van der Waals surface area contributed by atoms with Gasteiger partial charge in [0.1, 0.15) is 23.4 Å². The van der Waals surface area contributed by atoms with Crippen LogP contribution in [0, 0.1) is 0 Å². The minimum absolute atomic E-state index is 0.638. The van der Waals surface area contributed by atoms with Crippen LogP contribution in [0.4, 0.5) is 0 Å². The fourth-order valence-corrected chi connectivity index (χ4v) is 2.04. The summed E-state index contributed by atoms with van der Waals surface area (Å²) in [6.45, 7) is 0. The van der Waals surface area contributed by atoms with Crippen LogP contribution in [-0.4, -0.2) is 12.2 Å². The summed E-state index contributed by atoms with van der Waals surface area (Å²) in [5.74, 6) is 2.06. The topological polar surface area (TPSA) is 38.7 Å². The Kier molecular flexibility index (Phi) is 2.27. The Morgan fingerprint density at radius 2 is 1.82 bits per heavy atom. The summed E-state index contributed by atoms with van der Waals surface area (Å²) in [7, 11) is 1.61. The number of aliphatic hydroxyl groups is 1. The highest BCUT2D eigenvalue weighted by Crippen LogP contribution is 2.43. The van der Waals surface area contributed by atoms with Gasteiger partial charge in [0, 0.05) is 17.2 Å². The molecule has 2 aromatic rings. The van der Waals surface area contributed by atoms with E-state index in [2.05, 4.69) is 0 Å². The van der Waals surface area contributed by atoms with Gasteiger partial charge in [-0.2, -0.15) is 0 Å². The second-order valence-electron chi connectivity index (χ2n) is 3.95. The van der Waals surface area contributed by atoms with Crippen LogP contribution >= 0.6 is 0 Å². The molecule has 3 heteroatoms. The van der Waals surface area contributed by atoms with Crippen LogP contribution in [-0.2, 0) is 0 Å². The molecule has 3 rings (SSSR count). The highest BCUT2D eigenvalue weighted by molar-refractivity contribution is 5.53. The Morgan fingerprint density at radius 1 is 1.06 bits per heavy atom. The van der Waals surface area contributed by atoms with Crippen molar-refractivity contribution in [2.75, 3.05) is 7.11 Å². The number of benzene rings is 2. The van der Waals surface area contributed by atoms with Gasteiger partial charge in [-0.3, -0.25) is 0 Å². The van der Waals surface area contributed by atoms with Gasteiger partial charge < -0.3 is 14.6 Å². The van der Waals surface area contributed by atoms with Crippen LogP contribution in [0.5, 0.6) is 17.2 Å². The van der Waals surface area contributed by atoms with Gasteiger partial charge in [0.05, 0.1) is 7.11 Å². The van der Waals surface area contributed by atoms with E-state index >= 15 is 0 Å². The third-order valence-corrected chi connectivity index (χ3v) is 2.95. The monoisotopic (exact) mass is 228 g/mol. The van der Waals surface area contributed by atoms with Gasteiger partial charge in [0.15, 0.2) is 0 Å². The second-order valence-corrected chi connectivity index (χ2v) is 3.95. The summed E-state index contributed by atoms with van der Waals surface area (Å²) in [5, 5.41) is 10.3. The summed E-state index contributed by atoms with van der Waals surface area (Å²) in [5.41, 5.74) is 1.56. The largest absolute Gasteiger partial charge is 0.497 e. The molecule has 1 N–H and O–H groups in total. The van der Waals surface area contributed by atoms with Crippen molar-refractivity contribution in [1.29, 1.82) is 0 Å². The fraction of sp³-hybridized carbons (Fsp3) is 0.143. The molecular weight excluding hydrogens is 216 g/mol. The summed E-state index contributed by atoms with van der Waals surface area (Å²) >= 11 is 0. The van der Waals surface area contributed by atoms with Crippen LogP contribution in [0.25, 0.3) is 0 Å². The van der Waals surface area contributed by atoms with Crippen molar-refractivity contribution in [3.8, 4) is 17.2 Å². The van der Waals surface area contributed by atoms with Crippen molar-refractivity contribution in [2.24, 2.45) is 0 Å². The maximum Gasteiger partial charge on any atom is 0.137 e. The van der Waals surface area contributed by atoms with Gasteiger partial charge in [-0.15, -0.1) is 0 Å². The molecule has 0 radical (unpaired) electrons. The molecule has 1 heterocycles. The van der Waals surface area contributed by atoms with Crippen LogP contribution in [0.1, 0.15) is 17.2 Å². The lowest BCUT2D eigenvalue weighted by Crippen LogP contribution is -2.09. The number of aliphatic hydroxyl groups excluding tert-OH is 1. The molecule has 17 heavy (non-hydrogen) atoms. The zero-order valence-electron chi connectivity index (χ0n) is 9.38. The molecule has 0 saturated heterocycles. The summed E-state index contributed by atoms with van der Waals surface area (Å²) < 4.78 is 10.9. The zero-order chi connectivity index (χ0) is 11.8. The van der Waals surface area contributed by atoms with Crippen molar-refractivity contribution < 1.29 is 14.6 Å². The normalized spacial score (nSPS) is 16.7. The van der Waals surface area contributed by atoms with E-state index in [1.807, 2.05) is 36.4 Å². The average Bonchev–Trinajstić information content (AvgIpc) is 2.38. The summed E-state index contributed by atoms with van der Waals surface area (Å²) in [4.78, 5) is 0. The number of hydrogen-bond donors (Lipinski definition) is 1. The molecule has 0 aromatic heterocycles. The number of methoxy groups -OCH3 is 1. The fourth-order valence-electron chi connectivity index (χ4n) is 2.04. The lowest BCUT2D eigenvalue weighted by molar-refractivity contribution is 0.202. The number of fused-ring (bicyclic) bond motifs is 2. The van der Waals surface area contributed by atoms with Crippen molar-refractivity contribution in [3.05, 3.63) is 53.6 Å². The van der Waals surface area contributed by atoms with Gasteiger partial charge in [0.25, 0.3) is 0 Å². The quantitative estimate of drug-likeness (QED) is 0.815. The van der Waals surface area contributed by atoms with Crippen molar-refractivity contribution in [3.63, 3.8) is 0 Å². The highest BCUT2D eigenvalue weighted by atomic mass is 16.5. The molecule has 86 valence electrons.